The topological polar surface area (TPSA) is 29.9 Å². The summed E-state index contributed by atoms with van der Waals surface area (Å²) in [6, 6.07) is 8.43. The monoisotopic (exact) mass is 199 g/mol. The van der Waals surface area contributed by atoms with Crippen molar-refractivity contribution in [1.29, 1.82) is 0 Å². The molecule has 0 bridgehead atoms. The van der Waals surface area contributed by atoms with E-state index in [1.54, 1.807) is 0 Å². The fourth-order valence-electron chi connectivity index (χ4n) is 2.14. The van der Waals surface area contributed by atoms with Gasteiger partial charge in [0, 0.05) is 31.0 Å². The van der Waals surface area contributed by atoms with Crippen LogP contribution in [0.25, 0.3) is 11.3 Å². The first-order valence-electron chi connectivity index (χ1n) is 5.20. The molecule has 1 aromatic heterocycles. The average molecular weight is 199 g/mol. The molecule has 0 saturated heterocycles. The van der Waals surface area contributed by atoms with E-state index >= 15 is 0 Å². The smallest absolute Gasteiger partial charge is 0.0926 e. The molecule has 0 unspecified atom stereocenters. The second-order valence-corrected chi connectivity index (χ2v) is 3.88. The van der Waals surface area contributed by atoms with Gasteiger partial charge in [-0.05, 0) is 24.1 Å². The number of fused-ring (bicyclic) bond motifs is 1. The van der Waals surface area contributed by atoms with Gasteiger partial charge < -0.3 is 5.32 Å². The second-order valence-electron chi connectivity index (χ2n) is 3.88. The van der Waals surface area contributed by atoms with Crippen LogP contribution in [-0.4, -0.2) is 16.3 Å². The lowest BCUT2D eigenvalue weighted by molar-refractivity contribution is 0.770. The number of aromatic nitrogens is 2. The summed E-state index contributed by atoms with van der Waals surface area (Å²) in [5.41, 5.74) is 4.99. The number of hydrogen-bond donors (Lipinski definition) is 1. The van der Waals surface area contributed by atoms with Crippen LogP contribution < -0.4 is 5.32 Å². The summed E-state index contributed by atoms with van der Waals surface area (Å²) in [5, 5.41) is 7.83. The minimum absolute atomic E-state index is 1.04. The van der Waals surface area contributed by atoms with Gasteiger partial charge in [0.1, 0.15) is 0 Å². The zero-order valence-electron chi connectivity index (χ0n) is 8.70. The minimum atomic E-state index is 1.04. The van der Waals surface area contributed by atoms with Crippen LogP contribution >= 0.6 is 0 Å². The number of nitrogens with one attached hydrogen (secondary N) is 1. The number of aryl methyl sites for hydroxylation is 1. The molecule has 0 fully saturated rings. The predicted molar refractivity (Wildman–Crippen MR) is 60.8 cm³/mol. The van der Waals surface area contributed by atoms with Crippen molar-refractivity contribution >= 4 is 5.69 Å². The highest BCUT2D eigenvalue weighted by Crippen LogP contribution is 2.31. The van der Waals surface area contributed by atoms with Crippen LogP contribution in [0.3, 0.4) is 0 Å². The normalized spacial score (nSPS) is 13.7. The molecule has 3 nitrogen and oxygen atoms in total. The summed E-state index contributed by atoms with van der Waals surface area (Å²) in [6.07, 6.45) is 3.08. The highest BCUT2D eigenvalue weighted by atomic mass is 15.2. The zero-order valence-corrected chi connectivity index (χ0v) is 8.70. The third-order valence-electron chi connectivity index (χ3n) is 2.86. The van der Waals surface area contributed by atoms with E-state index in [1.807, 2.05) is 17.9 Å². The largest absolute Gasteiger partial charge is 0.384 e. The summed E-state index contributed by atoms with van der Waals surface area (Å²) in [4.78, 5) is 0. The van der Waals surface area contributed by atoms with Crippen LogP contribution in [0.15, 0.2) is 30.5 Å². The van der Waals surface area contributed by atoms with Crippen molar-refractivity contribution in [2.75, 3.05) is 11.9 Å². The van der Waals surface area contributed by atoms with Crippen LogP contribution in [0.4, 0.5) is 5.69 Å². The standard InChI is InChI=1S/C12H13N3/c1-15-8-6-12(14-15)9-3-2-4-11-10(9)5-7-13-11/h2-4,6,8,13H,5,7H2,1H3. The quantitative estimate of drug-likeness (QED) is 0.761. The number of nitrogens with zero attached hydrogens (tertiary/aromatic N) is 2. The summed E-state index contributed by atoms with van der Waals surface area (Å²) in [6.45, 7) is 1.04. The van der Waals surface area contributed by atoms with Crippen LogP contribution in [0.2, 0.25) is 0 Å². The van der Waals surface area contributed by atoms with Crippen molar-refractivity contribution in [3.63, 3.8) is 0 Å². The molecule has 2 aromatic rings. The summed E-state index contributed by atoms with van der Waals surface area (Å²) < 4.78 is 1.84. The fourth-order valence-corrected chi connectivity index (χ4v) is 2.14. The van der Waals surface area contributed by atoms with E-state index in [0.717, 1.165) is 18.7 Å². The lowest BCUT2D eigenvalue weighted by Gasteiger charge is -2.04. The second kappa shape index (κ2) is 3.12. The molecule has 0 atom stereocenters. The van der Waals surface area contributed by atoms with Gasteiger partial charge in [-0.25, -0.2) is 0 Å². The van der Waals surface area contributed by atoms with Crippen LogP contribution in [-0.2, 0) is 13.5 Å². The molecule has 1 aliphatic rings. The number of hydrogen-bond acceptors (Lipinski definition) is 2. The molecular formula is C12H13N3. The molecular weight excluding hydrogens is 186 g/mol. The van der Waals surface area contributed by atoms with E-state index in [2.05, 4.69) is 34.7 Å². The van der Waals surface area contributed by atoms with E-state index in [4.69, 9.17) is 0 Å². The molecule has 0 saturated carbocycles. The number of anilines is 1. The number of rotatable bonds is 1. The van der Waals surface area contributed by atoms with Gasteiger partial charge in [0.15, 0.2) is 0 Å². The Bertz CT molecular complexity index is 499. The molecule has 2 heterocycles. The third-order valence-corrected chi connectivity index (χ3v) is 2.86. The summed E-state index contributed by atoms with van der Waals surface area (Å²) >= 11 is 0. The SMILES string of the molecule is Cn1ccc(-c2cccc3c2CCN3)n1. The Morgan fingerprint density at radius 2 is 2.27 bits per heavy atom. The third kappa shape index (κ3) is 1.31. The molecule has 0 aliphatic carbocycles. The highest BCUT2D eigenvalue weighted by Gasteiger charge is 2.15. The van der Waals surface area contributed by atoms with Gasteiger partial charge in [-0.1, -0.05) is 12.1 Å². The van der Waals surface area contributed by atoms with Gasteiger partial charge in [-0.3, -0.25) is 4.68 Å². The first-order chi connectivity index (χ1) is 7.34. The van der Waals surface area contributed by atoms with E-state index < -0.39 is 0 Å². The minimum Gasteiger partial charge on any atom is -0.384 e. The van der Waals surface area contributed by atoms with Gasteiger partial charge >= 0.3 is 0 Å². The van der Waals surface area contributed by atoms with Crippen molar-refractivity contribution in [3.05, 3.63) is 36.0 Å². The predicted octanol–water partition coefficient (Wildman–Crippen LogP) is 2.06. The Morgan fingerprint density at radius 1 is 1.33 bits per heavy atom. The van der Waals surface area contributed by atoms with Crippen molar-refractivity contribution in [2.45, 2.75) is 6.42 Å². The van der Waals surface area contributed by atoms with E-state index in [9.17, 15) is 0 Å². The van der Waals surface area contributed by atoms with E-state index in [-0.39, 0.29) is 0 Å². The number of benzene rings is 1. The Balaban J connectivity index is 2.16. The molecule has 3 heteroatoms. The molecule has 0 amide bonds. The van der Waals surface area contributed by atoms with Gasteiger partial charge in [-0.15, -0.1) is 0 Å². The fraction of sp³-hybridized carbons (Fsp3) is 0.250. The molecule has 3 rings (SSSR count). The van der Waals surface area contributed by atoms with Crippen molar-refractivity contribution < 1.29 is 0 Å². The van der Waals surface area contributed by atoms with Crippen molar-refractivity contribution in [2.24, 2.45) is 7.05 Å². The first-order valence-corrected chi connectivity index (χ1v) is 5.20. The van der Waals surface area contributed by atoms with Crippen LogP contribution in [0.1, 0.15) is 5.56 Å². The van der Waals surface area contributed by atoms with Gasteiger partial charge in [-0.2, -0.15) is 5.10 Å². The zero-order chi connectivity index (χ0) is 10.3. The van der Waals surface area contributed by atoms with Crippen LogP contribution in [0, 0.1) is 0 Å². The molecule has 1 aromatic carbocycles. The molecule has 76 valence electrons. The average Bonchev–Trinajstić information content (AvgIpc) is 2.84. The first kappa shape index (κ1) is 8.53. The molecule has 0 radical (unpaired) electrons. The van der Waals surface area contributed by atoms with Gasteiger partial charge in [0.05, 0.1) is 5.69 Å². The Labute approximate surface area is 88.7 Å². The lowest BCUT2D eigenvalue weighted by Crippen LogP contribution is -1.90. The van der Waals surface area contributed by atoms with Gasteiger partial charge in [0.25, 0.3) is 0 Å². The molecule has 15 heavy (non-hydrogen) atoms. The van der Waals surface area contributed by atoms with E-state index in [0.29, 0.717) is 0 Å². The Kier molecular flexibility index (Phi) is 1.78. The maximum Gasteiger partial charge on any atom is 0.0926 e. The molecule has 1 aliphatic heterocycles. The Morgan fingerprint density at radius 3 is 3.07 bits per heavy atom. The van der Waals surface area contributed by atoms with Crippen molar-refractivity contribution in [1.82, 2.24) is 9.78 Å². The maximum absolute atomic E-state index is 4.45. The summed E-state index contributed by atoms with van der Waals surface area (Å²) in [5.74, 6) is 0. The molecule has 1 N–H and O–H groups in total. The van der Waals surface area contributed by atoms with Crippen molar-refractivity contribution in [3.8, 4) is 11.3 Å². The Hall–Kier alpha value is -1.77. The van der Waals surface area contributed by atoms with E-state index in [1.165, 1.54) is 16.8 Å². The summed E-state index contributed by atoms with van der Waals surface area (Å²) in [7, 11) is 1.95. The molecule has 0 spiro atoms. The van der Waals surface area contributed by atoms with Gasteiger partial charge in [0.2, 0.25) is 0 Å². The lowest BCUT2D eigenvalue weighted by atomic mass is 10.0. The van der Waals surface area contributed by atoms with Crippen LogP contribution in [0.5, 0.6) is 0 Å². The highest BCUT2D eigenvalue weighted by molar-refractivity contribution is 5.73. The maximum atomic E-state index is 4.45.